The lowest BCUT2D eigenvalue weighted by molar-refractivity contribution is -0.156. The van der Waals surface area contributed by atoms with Crippen molar-refractivity contribution in [3.05, 3.63) is 35.6 Å². The van der Waals surface area contributed by atoms with Crippen molar-refractivity contribution in [2.75, 3.05) is 0 Å². The molecule has 1 unspecified atom stereocenters. The third-order valence-corrected chi connectivity index (χ3v) is 2.07. The number of carboxylic acids is 1. The fourth-order valence-electron chi connectivity index (χ4n) is 1.34. The summed E-state index contributed by atoms with van der Waals surface area (Å²) in [5.74, 6) is -2.18. The Labute approximate surface area is 115 Å². The quantitative estimate of drug-likeness (QED) is 0.830. The molecule has 1 rings (SSSR count). The predicted molar refractivity (Wildman–Crippen MR) is 67.2 cm³/mol. The highest BCUT2D eigenvalue weighted by Crippen LogP contribution is 2.20. The van der Waals surface area contributed by atoms with E-state index in [0.717, 1.165) is 6.07 Å². The maximum Gasteiger partial charge on any atom is 0.431 e. The van der Waals surface area contributed by atoms with Crippen LogP contribution in [-0.2, 0) is 14.4 Å². The van der Waals surface area contributed by atoms with Gasteiger partial charge in [0.25, 0.3) is 0 Å². The second kappa shape index (κ2) is 6.33. The maximum atomic E-state index is 13.5. The SMILES string of the molecule is CC(C)(C)OC(=O)NOC(C(=O)O)c1ccccc1F. The smallest absolute Gasteiger partial charge is 0.431 e. The molecule has 1 amide bonds. The summed E-state index contributed by atoms with van der Waals surface area (Å²) in [6.45, 7) is 4.91. The highest BCUT2D eigenvalue weighted by Gasteiger charge is 2.26. The van der Waals surface area contributed by atoms with Crippen molar-refractivity contribution in [2.24, 2.45) is 0 Å². The van der Waals surface area contributed by atoms with E-state index in [4.69, 9.17) is 14.7 Å². The summed E-state index contributed by atoms with van der Waals surface area (Å²) in [5, 5.41) is 9.01. The van der Waals surface area contributed by atoms with Crippen LogP contribution >= 0.6 is 0 Å². The van der Waals surface area contributed by atoms with Gasteiger partial charge in [0, 0.05) is 5.56 Å². The normalized spacial score (nSPS) is 12.6. The molecule has 2 N–H and O–H groups in total. The minimum atomic E-state index is -1.66. The van der Waals surface area contributed by atoms with Crippen LogP contribution in [0.15, 0.2) is 24.3 Å². The van der Waals surface area contributed by atoms with Gasteiger partial charge in [-0.25, -0.2) is 14.0 Å². The van der Waals surface area contributed by atoms with Crippen molar-refractivity contribution in [1.82, 2.24) is 5.48 Å². The number of hydrogen-bond acceptors (Lipinski definition) is 4. The lowest BCUT2D eigenvalue weighted by Gasteiger charge is -2.20. The molecule has 7 heteroatoms. The number of hydroxylamine groups is 1. The van der Waals surface area contributed by atoms with Crippen LogP contribution in [0.1, 0.15) is 32.4 Å². The molecule has 0 radical (unpaired) electrons. The Morgan fingerprint density at radius 1 is 1.30 bits per heavy atom. The van der Waals surface area contributed by atoms with Crippen LogP contribution < -0.4 is 5.48 Å². The van der Waals surface area contributed by atoms with Crippen LogP contribution in [0.5, 0.6) is 0 Å². The zero-order valence-corrected chi connectivity index (χ0v) is 11.3. The number of carbonyl (C=O) groups excluding carboxylic acids is 1. The molecule has 0 saturated heterocycles. The molecule has 0 aliphatic carbocycles. The van der Waals surface area contributed by atoms with E-state index in [0.29, 0.717) is 0 Å². The largest absolute Gasteiger partial charge is 0.479 e. The molecule has 1 aromatic rings. The molecule has 0 aliphatic rings. The monoisotopic (exact) mass is 285 g/mol. The van der Waals surface area contributed by atoms with Gasteiger partial charge in [-0.2, -0.15) is 5.48 Å². The number of rotatable bonds is 4. The third kappa shape index (κ3) is 4.85. The van der Waals surface area contributed by atoms with E-state index in [9.17, 15) is 14.0 Å². The molecule has 0 heterocycles. The van der Waals surface area contributed by atoms with E-state index in [1.54, 1.807) is 20.8 Å². The van der Waals surface area contributed by atoms with Crippen LogP contribution in [0, 0.1) is 5.82 Å². The summed E-state index contributed by atoms with van der Waals surface area (Å²) in [4.78, 5) is 27.1. The van der Waals surface area contributed by atoms with E-state index in [-0.39, 0.29) is 5.56 Å². The van der Waals surface area contributed by atoms with Gasteiger partial charge in [0.1, 0.15) is 11.4 Å². The van der Waals surface area contributed by atoms with E-state index in [2.05, 4.69) is 0 Å². The molecule has 20 heavy (non-hydrogen) atoms. The van der Waals surface area contributed by atoms with Crippen LogP contribution in [0.25, 0.3) is 0 Å². The van der Waals surface area contributed by atoms with Gasteiger partial charge in [0.15, 0.2) is 0 Å². The second-order valence-electron chi connectivity index (χ2n) is 4.96. The molecule has 6 nitrogen and oxygen atoms in total. The Bertz CT molecular complexity index is 498. The zero-order valence-electron chi connectivity index (χ0n) is 11.3. The maximum absolute atomic E-state index is 13.5. The van der Waals surface area contributed by atoms with Gasteiger partial charge in [0.05, 0.1) is 0 Å². The van der Waals surface area contributed by atoms with Gasteiger partial charge in [-0.05, 0) is 26.8 Å². The van der Waals surface area contributed by atoms with E-state index < -0.39 is 29.6 Å². The molecule has 0 spiro atoms. The fraction of sp³-hybridized carbons (Fsp3) is 0.385. The molecular formula is C13H16FNO5. The van der Waals surface area contributed by atoms with Crippen molar-refractivity contribution in [1.29, 1.82) is 0 Å². The van der Waals surface area contributed by atoms with Crippen molar-refractivity contribution in [3.63, 3.8) is 0 Å². The topological polar surface area (TPSA) is 84.9 Å². The van der Waals surface area contributed by atoms with Crippen LogP contribution in [0.3, 0.4) is 0 Å². The van der Waals surface area contributed by atoms with Crippen molar-refractivity contribution in [3.8, 4) is 0 Å². The standard InChI is InChI=1S/C13H16FNO5/c1-13(2,3)19-12(18)15-20-10(11(16)17)8-6-4-5-7-9(8)14/h4-7,10H,1-3H3,(H,15,18)(H,16,17). The van der Waals surface area contributed by atoms with Gasteiger partial charge in [0.2, 0.25) is 6.10 Å². The van der Waals surface area contributed by atoms with Gasteiger partial charge >= 0.3 is 12.1 Å². The number of benzene rings is 1. The van der Waals surface area contributed by atoms with Gasteiger partial charge < -0.3 is 9.84 Å². The fourth-order valence-corrected chi connectivity index (χ4v) is 1.34. The summed E-state index contributed by atoms with van der Waals surface area (Å²) in [6, 6.07) is 5.23. The van der Waals surface area contributed by atoms with E-state index >= 15 is 0 Å². The molecule has 0 bridgehead atoms. The Kier molecular flexibility index (Phi) is 5.04. The number of hydrogen-bond donors (Lipinski definition) is 2. The summed E-state index contributed by atoms with van der Waals surface area (Å²) >= 11 is 0. The second-order valence-corrected chi connectivity index (χ2v) is 4.96. The Hall–Kier alpha value is -2.15. The Morgan fingerprint density at radius 3 is 2.40 bits per heavy atom. The van der Waals surface area contributed by atoms with E-state index in [1.165, 1.54) is 18.2 Å². The number of carbonyl (C=O) groups is 2. The Morgan fingerprint density at radius 2 is 1.90 bits per heavy atom. The first kappa shape index (κ1) is 15.9. The van der Waals surface area contributed by atoms with Gasteiger partial charge in [-0.15, -0.1) is 0 Å². The lowest BCUT2D eigenvalue weighted by Crippen LogP contribution is -2.35. The summed E-state index contributed by atoms with van der Waals surface area (Å²) in [7, 11) is 0. The van der Waals surface area contributed by atoms with Crippen molar-refractivity contribution < 1.29 is 28.7 Å². The number of nitrogens with one attached hydrogen (secondary N) is 1. The minimum absolute atomic E-state index is 0.198. The summed E-state index contributed by atoms with van der Waals surface area (Å²) in [6.07, 6.45) is -2.62. The summed E-state index contributed by atoms with van der Waals surface area (Å²) < 4.78 is 18.4. The first-order valence-electron chi connectivity index (χ1n) is 5.82. The highest BCUT2D eigenvalue weighted by molar-refractivity contribution is 5.75. The zero-order chi connectivity index (χ0) is 15.3. The first-order valence-corrected chi connectivity index (χ1v) is 5.82. The average molecular weight is 285 g/mol. The average Bonchev–Trinajstić information content (AvgIpc) is 2.28. The van der Waals surface area contributed by atoms with Gasteiger partial charge in [-0.1, -0.05) is 18.2 Å². The van der Waals surface area contributed by atoms with E-state index in [1.807, 2.05) is 5.48 Å². The molecule has 0 aromatic heterocycles. The minimum Gasteiger partial charge on any atom is -0.479 e. The number of aliphatic carboxylic acids is 1. The molecule has 1 aromatic carbocycles. The van der Waals surface area contributed by atoms with Crippen LogP contribution in [0.4, 0.5) is 9.18 Å². The summed E-state index contributed by atoms with van der Waals surface area (Å²) in [5.41, 5.74) is 0.880. The number of amides is 1. The molecule has 110 valence electrons. The highest BCUT2D eigenvalue weighted by atomic mass is 19.1. The van der Waals surface area contributed by atoms with Gasteiger partial charge in [-0.3, -0.25) is 4.84 Å². The molecule has 0 aliphatic heterocycles. The van der Waals surface area contributed by atoms with Crippen molar-refractivity contribution >= 4 is 12.1 Å². The Balaban J connectivity index is 2.73. The third-order valence-electron chi connectivity index (χ3n) is 2.07. The van der Waals surface area contributed by atoms with Crippen molar-refractivity contribution in [2.45, 2.75) is 32.5 Å². The van der Waals surface area contributed by atoms with Crippen LogP contribution in [-0.4, -0.2) is 22.8 Å². The first-order chi connectivity index (χ1) is 9.20. The predicted octanol–water partition coefficient (Wildman–Crippen LogP) is 2.41. The molecule has 1 atom stereocenters. The molecule has 0 fully saturated rings. The number of carboxylic acid groups (broad SMARTS) is 1. The number of ether oxygens (including phenoxy) is 1. The lowest BCUT2D eigenvalue weighted by atomic mass is 10.1. The van der Waals surface area contributed by atoms with Crippen LogP contribution in [0.2, 0.25) is 0 Å². The molecule has 0 saturated carbocycles. The number of halogens is 1. The molecular weight excluding hydrogens is 269 g/mol.